The number of esters is 1. The first-order valence-electron chi connectivity index (χ1n) is 8.96. The Morgan fingerprint density at radius 2 is 2.00 bits per heavy atom. The fraction of sp³-hybridized carbons (Fsp3) is 0.143. The highest BCUT2D eigenvalue weighted by molar-refractivity contribution is 7.13. The van der Waals surface area contributed by atoms with Crippen LogP contribution in [0.25, 0.3) is 11.0 Å². The lowest BCUT2D eigenvalue weighted by Gasteiger charge is -2.00. The van der Waals surface area contributed by atoms with Gasteiger partial charge in [-0.3, -0.25) is 4.79 Å². The van der Waals surface area contributed by atoms with Crippen LogP contribution in [0.15, 0.2) is 54.7 Å². The molecular formula is C21H18N4O3S. The lowest BCUT2D eigenvalue weighted by Crippen LogP contribution is -2.22. The molecule has 1 amide bonds. The number of amides is 1. The third-order valence-electron chi connectivity index (χ3n) is 4.34. The van der Waals surface area contributed by atoms with Crippen LogP contribution >= 0.6 is 11.3 Å². The molecule has 2 aromatic carbocycles. The van der Waals surface area contributed by atoms with Crippen molar-refractivity contribution in [2.75, 3.05) is 7.11 Å². The summed E-state index contributed by atoms with van der Waals surface area (Å²) in [5.41, 5.74) is 3.02. The molecule has 0 spiro atoms. The number of hydrogen-bond donors (Lipinski definition) is 2. The number of H-pyrrole nitrogens is 1. The van der Waals surface area contributed by atoms with Gasteiger partial charge in [-0.1, -0.05) is 30.3 Å². The van der Waals surface area contributed by atoms with E-state index in [9.17, 15) is 9.59 Å². The van der Waals surface area contributed by atoms with Crippen molar-refractivity contribution < 1.29 is 14.3 Å². The summed E-state index contributed by atoms with van der Waals surface area (Å²) < 4.78 is 4.72. The van der Waals surface area contributed by atoms with E-state index in [0.29, 0.717) is 33.7 Å². The van der Waals surface area contributed by atoms with Gasteiger partial charge in [-0.2, -0.15) is 0 Å². The fourth-order valence-electron chi connectivity index (χ4n) is 2.91. The molecular weight excluding hydrogens is 388 g/mol. The van der Waals surface area contributed by atoms with Crippen LogP contribution in [0.3, 0.4) is 0 Å². The van der Waals surface area contributed by atoms with Crippen molar-refractivity contribution in [3.05, 3.63) is 81.6 Å². The van der Waals surface area contributed by atoms with Gasteiger partial charge in [0.2, 0.25) is 0 Å². The number of methoxy groups -OCH3 is 1. The summed E-state index contributed by atoms with van der Waals surface area (Å²) in [6.45, 7) is 0.243. The van der Waals surface area contributed by atoms with E-state index >= 15 is 0 Å². The first-order valence-corrected chi connectivity index (χ1v) is 9.78. The van der Waals surface area contributed by atoms with Crippen LogP contribution in [0.1, 0.15) is 36.4 Å². The lowest BCUT2D eigenvalue weighted by molar-refractivity contribution is 0.0600. The largest absolute Gasteiger partial charge is 0.465 e. The van der Waals surface area contributed by atoms with Crippen molar-refractivity contribution in [1.82, 2.24) is 20.3 Å². The maximum absolute atomic E-state index is 12.4. The van der Waals surface area contributed by atoms with Crippen LogP contribution < -0.4 is 5.32 Å². The molecule has 146 valence electrons. The maximum Gasteiger partial charge on any atom is 0.337 e. The number of thiazole rings is 1. The standard InChI is InChI=1S/C21H18N4O3S/c1-28-21(27)14-7-8-15-16(10-14)25-18(24-15)12-23-20(26)17-11-22-19(29-17)9-13-5-3-2-4-6-13/h2-8,10-11H,9,12H2,1H3,(H,23,26)(H,24,25). The average Bonchev–Trinajstić information content (AvgIpc) is 3.38. The summed E-state index contributed by atoms with van der Waals surface area (Å²) >= 11 is 1.38. The van der Waals surface area contributed by atoms with Crippen molar-refractivity contribution in [3.8, 4) is 0 Å². The van der Waals surface area contributed by atoms with Crippen molar-refractivity contribution in [1.29, 1.82) is 0 Å². The van der Waals surface area contributed by atoms with Crippen LogP contribution in [-0.2, 0) is 17.7 Å². The zero-order chi connectivity index (χ0) is 20.2. The highest BCUT2D eigenvalue weighted by atomic mass is 32.1. The Labute approximate surface area is 170 Å². The number of rotatable bonds is 6. The van der Waals surface area contributed by atoms with Gasteiger partial charge < -0.3 is 15.0 Å². The number of hydrogen-bond acceptors (Lipinski definition) is 6. The molecule has 0 aliphatic carbocycles. The van der Waals surface area contributed by atoms with Crippen LogP contribution in [0.5, 0.6) is 0 Å². The van der Waals surface area contributed by atoms with E-state index < -0.39 is 5.97 Å². The van der Waals surface area contributed by atoms with Gasteiger partial charge in [0.05, 0.1) is 41.5 Å². The van der Waals surface area contributed by atoms with E-state index in [1.165, 1.54) is 18.4 Å². The highest BCUT2D eigenvalue weighted by Crippen LogP contribution is 2.18. The lowest BCUT2D eigenvalue weighted by atomic mass is 10.2. The van der Waals surface area contributed by atoms with Gasteiger partial charge in [0.1, 0.15) is 10.7 Å². The molecule has 0 bridgehead atoms. The topological polar surface area (TPSA) is 97.0 Å². The van der Waals surface area contributed by atoms with Crippen LogP contribution in [0.4, 0.5) is 0 Å². The molecule has 0 unspecified atom stereocenters. The van der Waals surface area contributed by atoms with Gasteiger partial charge >= 0.3 is 5.97 Å². The number of nitrogens with zero attached hydrogens (tertiary/aromatic N) is 2. The molecule has 29 heavy (non-hydrogen) atoms. The predicted molar refractivity (Wildman–Crippen MR) is 110 cm³/mol. The van der Waals surface area contributed by atoms with Gasteiger partial charge in [-0.05, 0) is 23.8 Å². The van der Waals surface area contributed by atoms with Crippen molar-refractivity contribution in [2.45, 2.75) is 13.0 Å². The zero-order valence-electron chi connectivity index (χ0n) is 15.6. The molecule has 2 N–H and O–H groups in total. The molecule has 0 aliphatic heterocycles. The summed E-state index contributed by atoms with van der Waals surface area (Å²) in [7, 11) is 1.34. The first-order chi connectivity index (χ1) is 14.1. The van der Waals surface area contributed by atoms with E-state index in [0.717, 1.165) is 10.6 Å². The Kier molecular flexibility index (Phi) is 5.35. The Bertz CT molecular complexity index is 1170. The van der Waals surface area contributed by atoms with E-state index in [4.69, 9.17) is 4.74 Å². The third kappa shape index (κ3) is 4.33. The molecule has 0 aliphatic rings. The van der Waals surface area contributed by atoms with Gasteiger partial charge in [-0.15, -0.1) is 11.3 Å². The Morgan fingerprint density at radius 1 is 1.17 bits per heavy atom. The maximum atomic E-state index is 12.4. The smallest absolute Gasteiger partial charge is 0.337 e. The number of aromatic nitrogens is 3. The Balaban J connectivity index is 1.40. The number of nitrogens with one attached hydrogen (secondary N) is 2. The summed E-state index contributed by atoms with van der Waals surface area (Å²) in [6.07, 6.45) is 2.30. The van der Waals surface area contributed by atoms with Crippen LogP contribution in [0.2, 0.25) is 0 Å². The minimum atomic E-state index is -0.409. The van der Waals surface area contributed by atoms with Gasteiger partial charge in [-0.25, -0.2) is 14.8 Å². The van der Waals surface area contributed by atoms with Gasteiger partial charge in [0.25, 0.3) is 5.91 Å². The normalized spacial score (nSPS) is 10.8. The van der Waals surface area contributed by atoms with Crippen LogP contribution in [0, 0.1) is 0 Å². The van der Waals surface area contributed by atoms with Crippen molar-refractivity contribution >= 4 is 34.2 Å². The number of fused-ring (bicyclic) bond motifs is 1. The molecule has 8 heteroatoms. The molecule has 4 aromatic rings. The predicted octanol–water partition coefficient (Wildman–Crippen LogP) is 3.33. The molecule has 0 saturated carbocycles. The number of carbonyl (C=O) groups is 2. The Morgan fingerprint density at radius 3 is 2.79 bits per heavy atom. The quantitative estimate of drug-likeness (QED) is 0.479. The number of ether oxygens (including phenoxy) is 1. The second-order valence-electron chi connectivity index (χ2n) is 6.37. The molecule has 0 atom stereocenters. The first kappa shape index (κ1) is 18.8. The molecule has 2 aromatic heterocycles. The van der Waals surface area contributed by atoms with Crippen LogP contribution in [-0.4, -0.2) is 33.9 Å². The monoisotopic (exact) mass is 406 g/mol. The molecule has 4 rings (SSSR count). The molecule has 0 saturated heterocycles. The van der Waals surface area contributed by atoms with Crippen molar-refractivity contribution in [3.63, 3.8) is 0 Å². The average molecular weight is 406 g/mol. The fourth-order valence-corrected chi connectivity index (χ4v) is 3.78. The summed E-state index contributed by atoms with van der Waals surface area (Å²) in [6, 6.07) is 15.1. The second kappa shape index (κ2) is 8.24. The number of imidazole rings is 1. The number of benzene rings is 2. The molecule has 7 nitrogen and oxygen atoms in total. The highest BCUT2D eigenvalue weighted by Gasteiger charge is 2.13. The van der Waals surface area contributed by atoms with E-state index in [-0.39, 0.29) is 12.5 Å². The number of carbonyl (C=O) groups excluding carboxylic acids is 2. The molecule has 2 heterocycles. The van der Waals surface area contributed by atoms with Gasteiger partial charge in [0, 0.05) is 6.42 Å². The SMILES string of the molecule is COC(=O)c1ccc2nc(CNC(=O)c3cnc(Cc4ccccc4)s3)[nH]c2c1. The molecule has 0 fully saturated rings. The minimum Gasteiger partial charge on any atom is -0.465 e. The van der Waals surface area contributed by atoms with E-state index in [2.05, 4.69) is 20.3 Å². The molecule has 0 radical (unpaired) electrons. The summed E-state index contributed by atoms with van der Waals surface area (Å²) in [4.78, 5) is 36.5. The number of aromatic amines is 1. The Hall–Kier alpha value is -3.52. The van der Waals surface area contributed by atoms with E-state index in [1.807, 2.05) is 30.3 Å². The second-order valence-corrected chi connectivity index (χ2v) is 7.49. The van der Waals surface area contributed by atoms with Gasteiger partial charge in [0.15, 0.2) is 0 Å². The summed E-state index contributed by atoms with van der Waals surface area (Å²) in [5, 5.41) is 3.74. The minimum absolute atomic E-state index is 0.197. The third-order valence-corrected chi connectivity index (χ3v) is 5.34. The van der Waals surface area contributed by atoms with Crippen molar-refractivity contribution in [2.24, 2.45) is 0 Å². The summed E-state index contributed by atoms with van der Waals surface area (Å²) in [5.74, 6) is -0.00485. The van der Waals surface area contributed by atoms with E-state index in [1.54, 1.807) is 24.4 Å². The zero-order valence-corrected chi connectivity index (χ0v) is 16.5.